The molecule has 0 aliphatic carbocycles. The SMILES string of the molecule is COc1cc(C=Nn2c(-c3ccccc3)nc3ccccc3c2=O)cc(Br)c1OCc1ccc(Cl)cc1. The van der Waals surface area contributed by atoms with Gasteiger partial charge in [-0.3, -0.25) is 4.79 Å². The Bertz CT molecular complexity index is 1650. The van der Waals surface area contributed by atoms with Gasteiger partial charge in [0.2, 0.25) is 0 Å². The molecule has 37 heavy (non-hydrogen) atoms. The average molecular weight is 575 g/mol. The Kier molecular flexibility index (Phi) is 7.35. The molecular weight excluding hydrogens is 554 g/mol. The van der Waals surface area contributed by atoms with E-state index in [1.807, 2.05) is 78.9 Å². The van der Waals surface area contributed by atoms with Gasteiger partial charge in [-0.1, -0.05) is 66.2 Å². The van der Waals surface area contributed by atoms with Crippen LogP contribution in [-0.4, -0.2) is 23.0 Å². The molecule has 1 heterocycles. The van der Waals surface area contributed by atoms with Gasteiger partial charge in [0, 0.05) is 10.6 Å². The van der Waals surface area contributed by atoms with Gasteiger partial charge in [-0.2, -0.15) is 9.78 Å². The number of hydrogen-bond donors (Lipinski definition) is 0. The van der Waals surface area contributed by atoms with Crippen LogP contribution in [0.4, 0.5) is 0 Å². The molecule has 0 radical (unpaired) electrons. The van der Waals surface area contributed by atoms with Gasteiger partial charge in [-0.05, 0) is 63.5 Å². The van der Waals surface area contributed by atoms with Crippen molar-refractivity contribution in [3.8, 4) is 22.9 Å². The molecule has 0 fully saturated rings. The van der Waals surface area contributed by atoms with Crippen LogP contribution in [0.15, 0.2) is 105 Å². The minimum absolute atomic E-state index is 0.255. The van der Waals surface area contributed by atoms with Crippen LogP contribution in [0.1, 0.15) is 11.1 Å². The fourth-order valence-electron chi connectivity index (χ4n) is 3.82. The Morgan fingerprint density at radius 3 is 2.49 bits per heavy atom. The molecular formula is C29H21BrClN3O3. The summed E-state index contributed by atoms with van der Waals surface area (Å²) in [5, 5.41) is 5.70. The Morgan fingerprint density at radius 2 is 1.73 bits per heavy atom. The van der Waals surface area contributed by atoms with E-state index in [1.54, 1.807) is 25.5 Å². The van der Waals surface area contributed by atoms with Crippen molar-refractivity contribution in [3.63, 3.8) is 0 Å². The largest absolute Gasteiger partial charge is 0.493 e. The predicted molar refractivity (Wildman–Crippen MR) is 151 cm³/mol. The minimum Gasteiger partial charge on any atom is -0.493 e. The first-order valence-corrected chi connectivity index (χ1v) is 12.6. The maximum atomic E-state index is 13.4. The molecule has 6 nitrogen and oxygen atoms in total. The quantitative estimate of drug-likeness (QED) is 0.197. The molecule has 0 amide bonds. The van der Waals surface area contributed by atoms with E-state index >= 15 is 0 Å². The zero-order valence-corrected chi connectivity index (χ0v) is 22.1. The van der Waals surface area contributed by atoms with E-state index in [4.69, 9.17) is 26.1 Å². The number of rotatable bonds is 7. The van der Waals surface area contributed by atoms with Crippen molar-refractivity contribution in [3.05, 3.63) is 122 Å². The Morgan fingerprint density at radius 1 is 1.00 bits per heavy atom. The third kappa shape index (κ3) is 5.43. The molecule has 0 spiro atoms. The lowest BCUT2D eigenvalue weighted by Crippen LogP contribution is -2.20. The van der Waals surface area contributed by atoms with Crippen LogP contribution in [0.2, 0.25) is 5.02 Å². The van der Waals surface area contributed by atoms with E-state index in [-0.39, 0.29) is 5.56 Å². The van der Waals surface area contributed by atoms with E-state index in [1.165, 1.54) is 4.68 Å². The summed E-state index contributed by atoms with van der Waals surface area (Å²) in [5.74, 6) is 1.54. The monoisotopic (exact) mass is 573 g/mol. The average Bonchev–Trinajstić information content (AvgIpc) is 2.93. The molecule has 0 unspecified atom stereocenters. The van der Waals surface area contributed by atoms with E-state index in [9.17, 15) is 4.79 Å². The number of para-hydroxylation sites is 1. The van der Waals surface area contributed by atoms with Gasteiger partial charge in [-0.25, -0.2) is 4.98 Å². The van der Waals surface area contributed by atoms with E-state index in [0.717, 1.165) is 11.1 Å². The first-order chi connectivity index (χ1) is 18.0. The summed E-state index contributed by atoms with van der Waals surface area (Å²) in [6.45, 7) is 0.345. The Balaban J connectivity index is 1.51. The van der Waals surface area contributed by atoms with Gasteiger partial charge in [0.25, 0.3) is 5.56 Å². The van der Waals surface area contributed by atoms with Crippen LogP contribution < -0.4 is 15.0 Å². The highest BCUT2D eigenvalue weighted by Crippen LogP contribution is 2.37. The molecule has 0 saturated heterocycles. The van der Waals surface area contributed by atoms with Crippen molar-refractivity contribution in [2.24, 2.45) is 5.10 Å². The fraction of sp³-hybridized carbons (Fsp3) is 0.0690. The van der Waals surface area contributed by atoms with Crippen LogP contribution in [0.25, 0.3) is 22.3 Å². The van der Waals surface area contributed by atoms with Crippen molar-refractivity contribution in [1.82, 2.24) is 9.66 Å². The summed E-state index contributed by atoms with van der Waals surface area (Å²) in [5.41, 5.74) is 2.83. The third-order valence-electron chi connectivity index (χ3n) is 5.66. The third-order valence-corrected chi connectivity index (χ3v) is 6.50. The molecule has 5 rings (SSSR count). The van der Waals surface area contributed by atoms with Gasteiger partial charge >= 0.3 is 0 Å². The summed E-state index contributed by atoms with van der Waals surface area (Å²) >= 11 is 9.55. The topological polar surface area (TPSA) is 65.7 Å². The molecule has 0 N–H and O–H groups in total. The van der Waals surface area contributed by atoms with Crippen LogP contribution in [-0.2, 0) is 6.61 Å². The summed E-state index contributed by atoms with van der Waals surface area (Å²) in [7, 11) is 1.57. The number of benzene rings is 4. The summed E-state index contributed by atoms with van der Waals surface area (Å²) in [6, 6.07) is 27.8. The number of ether oxygens (including phenoxy) is 2. The van der Waals surface area contributed by atoms with Crippen molar-refractivity contribution in [2.75, 3.05) is 7.11 Å². The van der Waals surface area contributed by atoms with Gasteiger partial charge < -0.3 is 9.47 Å². The summed E-state index contributed by atoms with van der Waals surface area (Å²) in [6.07, 6.45) is 1.60. The lowest BCUT2D eigenvalue weighted by Gasteiger charge is -2.14. The van der Waals surface area contributed by atoms with Gasteiger partial charge in [-0.15, -0.1) is 0 Å². The maximum absolute atomic E-state index is 13.4. The number of halogens is 2. The zero-order chi connectivity index (χ0) is 25.8. The van der Waals surface area contributed by atoms with Crippen LogP contribution in [0.3, 0.4) is 0 Å². The molecule has 184 valence electrons. The Hall–Kier alpha value is -3.94. The van der Waals surface area contributed by atoms with Gasteiger partial charge in [0.15, 0.2) is 17.3 Å². The Labute approximate surface area is 226 Å². The molecule has 0 aliphatic heterocycles. The van der Waals surface area contributed by atoms with Crippen molar-refractivity contribution >= 4 is 44.6 Å². The molecule has 5 aromatic rings. The molecule has 8 heteroatoms. The zero-order valence-electron chi connectivity index (χ0n) is 19.8. The second-order valence-electron chi connectivity index (χ2n) is 8.13. The molecule has 0 atom stereocenters. The normalized spacial score (nSPS) is 11.2. The number of aromatic nitrogens is 2. The maximum Gasteiger partial charge on any atom is 0.282 e. The van der Waals surface area contributed by atoms with E-state index in [0.29, 0.717) is 49.9 Å². The standard InChI is InChI=1S/C29H21BrClN3O3/c1-36-26-16-20(15-24(30)27(26)37-18-19-11-13-22(31)14-12-19)17-32-34-28(21-7-3-2-4-8-21)33-25-10-6-5-9-23(25)29(34)35/h2-17H,18H2,1H3. The van der Waals surface area contributed by atoms with E-state index < -0.39 is 0 Å². The van der Waals surface area contributed by atoms with Crippen molar-refractivity contribution in [1.29, 1.82) is 0 Å². The second-order valence-corrected chi connectivity index (χ2v) is 9.42. The van der Waals surface area contributed by atoms with Crippen LogP contribution in [0, 0.1) is 0 Å². The summed E-state index contributed by atoms with van der Waals surface area (Å²) < 4.78 is 13.6. The molecule has 0 saturated carbocycles. The molecule has 4 aromatic carbocycles. The number of nitrogens with zero attached hydrogens (tertiary/aromatic N) is 3. The highest BCUT2D eigenvalue weighted by Gasteiger charge is 2.14. The lowest BCUT2D eigenvalue weighted by atomic mass is 10.2. The van der Waals surface area contributed by atoms with E-state index in [2.05, 4.69) is 21.0 Å². The van der Waals surface area contributed by atoms with Crippen LogP contribution in [0.5, 0.6) is 11.5 Å². The van der Waals surface area contributed by atoms with Gasteiger partial charge in [0.1, 0.15) is 6.61 Å². The smallest absolute Gasteiger partial charge is 0.282 e. The minimum atomic E-state index is -0.255. The first kappa shape index (κ1) is 24.7. The first-order valence-electron chi connectivity index (χ1n) is 11.4. The number of fused-ring (bicyclic) bond motifs is 1. The molecule has 0 bridgehead atoms. The summed E-state index contributed by atoms with van der Waals surface area (Å²) in [4.78, 5) is 18.1. The van der Waals surface area contributed by atoms with Crippen molar-refractivity contribution in [2.45, 2.75) is 6.61 Å². The fourth-order valence-corrected chi connectivity index (χ4v) is 4.52. The van der Waals surface area contributed by atoms with Crippen LogP contribution >= 0.6 is 27.5 Å². The highest BCUT2D eigenvalue weighted by molar-refractivity contribution is 9.10. The number of methoxy groups -OCH3 is 1. The highest BCUT2D eigenvalue weighted by atomic mass is 79.9. The second kappa shape index (κ2) is 11.0. The lowest BCUT2D eigenvalue weighted by molar-refractivity contribution is 0.282. The number of hydrogen-bond acceptors (Lipinski definition) is 5. The van der Waals surface area contributed by atoms with Crippen molar-refractivity contribution < 1.29 is 9.47 Å². The molecule has 1 aromatic heterocycles. The predicted octanol–water partition coefficient (Wildman–Crippen LogP) is 6.95. The molecule has 0 aliphatic rings. The van der Waals surface area contributed by atoms with Gasteiger partial charge in [0.05, 0.1) is 28.7 Å².